The molecule has 29 heavy (non-hydrogen) atoms. The SMILES string of the molecule is C.C.CC(C)(C)c1ccno1.CC(C)(C)c1ccon1.CC(C)(C)c1cnoc1. The molecule has 0 N–H and O–H groups in total. The highest BCUT2D eigenvalue weighted by Crippen LogP contribution is 2.21. The van der Waals surface area contributed by atoms with Crippen LogP contribution in [0, 0.1) is 0 Å². The Morgan fingerprint density at radius 3 is 1.55 bits per heavy atom. The minimum absolute atomic E-state index is 0. The Bertz CT molecular complexity index is 620. The van der Waals surface area contributed by atoms with E-state index >= 15 is 0 Å². The Morgan fingerprint density at radius 1 is 0.724 bits per heavy atom. The average Bonchev–Trinajstić information content (AvgIpc) is 3.28. The minimum atomic E-state index is 0. The second kappa shape index (κ2) is 11.6. The van der Waals surface area contributed by atoms with Crippen LogP contribution in [0.25, 0.3) is 0 Å². The van der Waals surface area contributed by atoms with E-state index in [4.69, 9.17) is 13.6 Å². The summed E-state index contributed by atoms with van der Waals surface area (Å²) in [6, 6.07) is 3.78. The highest BCUT2D eigenvalue weighted by Gasteiger charge is 2.17. The van der Waals surface area contributed by atoms with Crippen LogP contribution in [0.15, 0.2) is 50.6 Å². The first-order chi connectivity index (χ1) is 12.3. The van der Waals surface area contributed by atoms with Crippen molar-refractivity contribution in [2.75, 3.05) is 0 Å². The zero-order chi connectivity index (χ0) is 20.7. The molecule has 6 nitrogen and oxygen atoms in total. The maximum atomic E-state index is 4.95. The van der Waals surface area contributed by atoms with Gasteiger partial charge in [-0.1, -0.05) is 92.6 Å². The van der Waals surface area contributed by atoms with Crippen molar-refractivity contribution < 1.29 is 13.6 Å². The molecule has 166 valence electrons. The van der Waals surface area contributed by atoms with Gasteiger partial charge in [0.15, 0.2) is 0 Å². The van der Waals surface area contributed by atoms with Crippen LogP contribution in [0.5, 0.6) is 0 Å². The normalized spacial score (nSPS) is 11.1. The van der Waals surface area contributed by atoms with Gasteiger partial charge < -0.3 is 13.6 Å². The molecule has 3 aromatic rings. The summed E-state index contributed by atoms with van der Waals surface area (Å²) in [5.41, 5.74) is 2.52. The summed E-state index contributed by atoms with van der Waals surface area (Å²) < 4.78 is 14.3. The van der Waals surface area contributed by atoms with E-state index in [0.29, 0.717) is 0 Å². The van der Waals surface area contributed by atoms with Crippen LogP contribution < -0.4 is 0 Å². The van der Waals surface area contributed by atoms with E-state index < -0.39 is 0 Å². The molecule has 0 aliphatic rings. The van der Waals surface area contributed by atoms with Crippen LogP contribution in [0.3, 0.4) is 0 Å². The smallest absolute Gasteiger partial charge is 0.142 e. The van der Waals surface area contributed by atoms with Crippen LogP contribution in [-0.2, 0) is 16.2 Å². The summed E-state index contributed by atoms with van der Waals surface area (Å²) in [5.74, 6) is 0.933. The Balaban J connectivity index is 0. The van der Waals surface area contributed by atoms with E-state index in [-0.39, 0.29) is 31.1 Å². The highest BCUT2D eigenvalue weighted by atomic mass is 16.5. The second-order valence-corrected chi connectivity index (χ2v) is 9.42. The first-order valence-electron chi connectivity index (χ1n) is 9.03. The number of aromatic nitrogens is 3. The predicted octanol–water partition coefficient (Wildman–Crippen LogP) is 7.19. The molecule has 0 spiro atoms. The van der Waals surface area contributed by atoms with Crippen molar-refractivity contribution in [1.82, 2.24) is 15.5 Å². The van der Waals surface area contributed by atoms with Crippen molar-refractivity contribution in [3.63, 3.8) is 0 Å². The van der Waals surface area contributed by atoms with Gasteiger partial charge in [0.2, 0.25) is 0 Å². The molecule has 3 heterocycles. The van der Waals surface area contributed by atoms with Crippen LogP contribution in [-0.4, -0.2) is 15.5 Å². The van der Waals surface area contributed by atoms with Gasteiger partial charge in [-0.25, -0.2) is 0 Å². The molecule has 6 heteroatoms. The standard InChI is InChI=1S/3C7H11NO.2CH4/c1-7(2,3)6-4-8-9-5-6;1-7(2,3)6-4-5-9-8-6;1-7(2,3)6-4-5-8-9-6;;/h3*4-5H,1-3H3;2*1H4. The summed E-state index contributed by atoms with van der Waals surface area (Å²) in [5, 5.41) is 11.0. The summed E-state index contributed by atoms with van der Waals surface area (Å²) in [4.78, 5) is 0. The molecule has 0 radical (unpaired) electrons. The molecule has 0 unspecified atom stereocenters. The lowest BCUT2D eigenvalue weighted by Gasteiger charge is -2.13. The Morgan fingerprint density at radius 2 is 1.34 bits per heavy atom. The number of rotatable bonds is 0. The molecule has 0 saturated carbocycles. The summed E-state index contributed by atoms with van der Waals surface area (Å²) in [6.45, 7) is 19.0. The monoisotopic (exact) mass is 407 g/mol. The van der Waals surface area contributed by atoms with Crippen molar-refractivity contribution >= 4 is 0 Å². The summed E-state index contributed by atoms with van der Waals surface area (Å²) in [7, 11) is 0. The van der Waals surface area contributed by atoms with Gasteiger partial charge in [-0.2, -0.15) is 0 Å². The number of hydrogen-bond donors (Lipinski definition) is 0. The van der Waals surface area contributed by atoms with Gasteiger partial charge in [-0.05, 0) is 5.41 Å². The largest absolute Gasteiger partial charge is 0.364 e. The first-order valence-corrected chi connectivity index (χ1v) is 9.03. The van der Waals surface area contributed by atoms with Crippen molar-refractivity contribution in [1.29, 1.82) is 0 Å². The molecule has 0 aromatic carbocycles. The van der Waals surface area contributed by atoms with Gasteiger partial charge in [0.1, 0.15) is 18.3 Å². The molecule has 3 aromatic heterocycles. The van der Waals surface area contributed by atoms with Gasteiger partial charge in [0.25, 0.3) is 0 Å². The van der Waals surface area contributed by atoms with Crippen LogP contribution >= 0.6 is 0 Å². The van der Waals surface area contributed by atoms with Crippen LogP contribution in [0.4, 0.5) is 0 Å². The van der Waals surface area contributed by atoms with E-state index in [1.165, 1.54) is 0 Å². The van der Waals surface area contributed by atoms with Gasteiger partial charge >= 0.3 is 0 Å². The fraction of sp³-hybridized carbons (Fsp3) is 0.609. The molecule has 0 atom stereocenters. The predicted molar refractivity (Wildman–Crippen MR) is 119 cm³/mol. The lowest BCUT2D eigenvalue weighted by Crippen LogP contribution is -2.10. The molecule has 0 amide bonds. The van der Waals surface area contributed by atoms with Crippen molar-refractivity contribution in [3.8, 4) is 0 Å². The minimum Gasteiger partial charge on any atom is -0.364 e. The van der Waals surface area contributed by atoms with E-state index in [1.54, 1.807) is 24.9 Å². The van der Waals surface area contributed by atoms with E-state index in [2.05, 4.69) is 77.8 Å². The fourth-order valence-electron chi connectivity index (χ4n) is 1.78. The first kappa shape index (κ1) is 28.8. The van der Waals surface area contributed by atoms with E-state index in [0.717, 1.165) is 17.0 Å². The Kier molecular flexibility index (Phi) is 11.5. The van der Waals surface area contributed by atoms with Crippen LogP contribution in [0.2, 0.25) is 0 Å². The maximum Gasteiger partial charge on any atom is 0.142 e. The van der Waals surface area contributed by atoms with Crippen molar-refractivity contribution in [2.24, 2.45) is 0 Å². The van der Waals surface area contributed by atoms with Crippen molar-refractivity contribution in [3.05, 3.63) is 54.1 Å². The summed E-state index contributed by atoms with van der Waals surface area (Å²) in [6.07, 6.45) is 6.70. The quantitative estimate of drug-likeness (QED) is 0.392. The third kappa shape index (κ3) is 10.7. The molecular formula is C23H41N3O3. The fourth-order valence-corrected chi connectivity index (χ4v) is 1.78. The lowest BCUT2D eigenvalue weighted by atomic mass is 9.90. The summed E-state index contributed by atoms with van der Waals surface area (Å²) >= 11 is 0. The lowest BCUT2D eigenvalue weighted by molar-refractivity contribution is 0.329. The zero-order valence-electron chi connectivity index (χ0n) is 18.0. The third-order valence-corrected chi connectivity index (χ3v) is 3.68. The molecular weight excluding hydrogens is 366 g/mol. The Hall–Kier alpha value is -2.37. The van der Waals surface area contributed by atoms with Gasteiger partial charge in [0, 0.05) is 28.5 Å². The topological polar surface area (TPSA) is 78.1 Å². The number of nitrogens with zero attached hydrogens (tertiary/aromatic N) is 3. The third-order valence-electron chi connectivity index (χ3n) is 3.68. The van der Waals surface area contributed by atoms with Gasteiger partial charge in [-0.3, -0.25) is 0 Å². The Labute approximate surface area is 177 Å². The van der Waals surface area contributed by atoms with E-state index in [9.17, 15) is 0 Å². The van der Waals surface area contributed by atoms with Gasteiger partial charge in [-0.15, -0.1) is 0 Å². The zero-order valence-corrected chi connectivity index (χ0v) is 18.0. The molecule has 0 aliphatic carbocycles. The molecule has 3 rings (SSSR count). The van der Waals surface area contributed by atoms with Gasteiger partial charge in [0.05, 0.1) is 18.1 Å². The molecule has 0 saturated heterocycles. The average molecular weight is 408 g/mol. The van der Waals surface area contributed by atoms with E-state index in [1.807, 2.05) is 12.1 Å². The maximum absolute atomic E-state index is 4.95. The van der Waals surface area contributed by atoms with Crippen LogP contribution in [0.1, 0.15) is 94.2 Å². The second-order valence-electron chi connectivity index (χ2n) is 9.42. The molecule has 0 fully saturated rings. The highest BCUT2D eigenvalue weighted by molar-refractivity contribution is 5.12. The molecule has 0 bridgehead atoms. The number of hydrogen-bond acceptors (Lipinski definition) is 6. The van der Waals surface area contributed by atoms with Crippen molar-refractivity contribution in [2.45, 2.75) is 93.4 Å². The molecule has 0 aliphatic heterocycles.